The molecule has 1 aliphatic carbocycles. The average molecular weight is 313 g/mol. The second-order valence-corrected chi connectivity index (χ2v) is 7.18. The van der Waals surface area contributed by atoms with Gasteiger partial charge in [0, 0.05) is 6.04 Å². The molecule has 21 heavy (non-hydrogen) atoms. The van der Waals surface area contributed by atoms with Crippen LogP contribution in [-0.2, 0) is 14.8 Å². The van der Waals surface area contributed by atoms with Crippen molar-refractivity contribution in [2.24, 2.45) is 5.41 Å². The number of carboxylic acids is 1. The van der Waals surface area contributed by atoms with Crippen LogP contribution < -0.4 is 9.46 Å². The van der Waals surface area contributed by atoms with E-state index in [1.807, 2.05) is 0 Å². The van der Waals surface area contributed by atoms with Crippen LogP contribution in [0.15, 0.2) is 29.2 Å². The van der Waals surface area contributed by atoms with Crippen LogP contribution in [0.5, 0.6) is 5.75 Å². The summed E-state index contributed by atoms with van der Waals surface area (Å²) in [5.74, 6) is -0.410. The second-order valence-electron chi connectivity index (χ2n) is 5.46. The van der Waals surface area contributed by atoms with Gasteiger partial charge in [0.05, 0.1) is 17.4 Å². The Morgan fingerprint density at radius 3 is 2.52 bits per heavy atom. The maximum atomic E-state index is 12.4. The van der Waals surface area contributed by atoms with Crippen LogP contribution in [0.3, 0.4) is 0 Å². The summed E-state index contributed by atoms with van der Waals surface area (Å²) in [6.45, 7) is 1.59. The molecule has 2 unspecified atom stereocenters. The predicted octanol–water partition coefficient (Wildman–Crippen LogP) is 1.62. The molecule has 0 radical (unpaired) electrons. The largest absolute Gasteiger partial charge is 0.497 e. The van der Waals surface area contributed by atoms with Crippen LogP contribution in [0.4, 0.5) is 0 Å². The van der Waals surface area contributed by atoms with Gasteiger partial charge >= 0.3 is 5.97 Å². The lowest BCUT2D eigenvalue weighted by Gasteiger charge is -2.27. The Balaban J connectivity index is 2.22. The summed E-state index contributed by atoms with van der Waals surface area (Å²) < 4.78 is 32.2. The van der Waals surface area contributed by atoms with Gasteiger partial charge in [-0.3, -0.25) is 4.79 Å². The molecular formula is C14H19NO5S. The van der Waals surface area contributed by atoms with Crippen LogP contribution in [0.25, 0.3) is 0 Å². The number of carboxylic acid groups (broad SMARTS) is 1. The summed E-state index contributed by atoms with van der Waals surface area (Å²) in [7, 11) is -2.24. The highest BCUT2D eigenvalue weighted by molar-refractivity contribution is 7.89. The molecular weight excluding hydrogens is 294 g/mol. The maximum Gasteiger partial charge on any atom is 0.310 e. The Hall–Kier alpha value is -1.60. The number of rotatable bonds is 5. The van der Waals surface area contributed by atoms with Crippen LogP contribution in [0.1, 0.15) is 26.2 Å². The van der Waals surface area contributed by atoms with Crippen molar-refractivity contribution in [2.45, 2.75) is 37.1 Å². The lowest BCUT2D eigenvalue weighted by molar-refractivity contribution is -0.148. The zero-order chi connectivity index (χ0) is 15.7. The molecule has 1 aromatic carbocycles. The summed E-state index contributed by atoms with van der Waals surface area (Å²) in [5, 5.41) is 9.33. The zero-order valence-electron chi connectivity index (χ0n) is 12.0. The van der Waals surface area contributed by atoms with E-state index in [2.05, 4.69) is 4.72 Å². The van der Waals surface area contributed by atoms with Crippen LogP contribution >= 0.6 is 0 Å². The minimum atomic E-state index is -3.74. The molecule has 0 amide bonds. The van der Waals surface area contributed by atoms with E-state index in [0.717, 1.165) is 0 Å². The first-order valence-corrected chi connectivity index (χ1v) is 8.18. The normalized spacial score (nSPS) is 25.7. The fourth-order valence-corrected chi connectivity index (χ4v) is 4.00. The number of hydrogen-bond acceptors (Lipinski definition) is 4. The molecule has 2 atom stereocenters. The van der Waals surface area contributed by atoms with Crippen molar-refractivity contribution >= 4 is 16.0 Å². The summed E-state index contributed by atoms with van der Waals surface area (Å²) >= 11 is 0. The summed E-state index contributed by atoms with van der Waals surface area (Å²) in [6.07, 6.45) is 1.69. The minimum Gasteiger partial charge on any atom is -0.497 e. The van der Waals surface area contributed by atoms with E-state index < -0.39 is 27.4 Å². The Morgan fingerprint density at radius 2 is 2.00 bits per heavy atom. The van der Waals surface area contributed by atoms with E-state index in [4.69, 9.17) is 4.74 Å². The summed E-state index contributed by atoms with van der Waals surface area (Å²) in [6, 6.07) is 5.39. The van der Waals surface area contributed by atoms with Gasteiger partial charge in [-0.1, -0.05) is 6.42 Å². The van der Waals surface area contributed by atoms with Gasteiger partial charge in [-0.15, -0.1) is 0 Å². The van der Waals surface area contributed by atoms with Crippen molar-refractivity contribution in [3.8, 4) is 5.75 Å². The molecule has 0 aliphatic heterocycles. The van der Waals surface area contributed by atoms with Gasteiger partial charge in [-0.05, 0) is 44.0 Å². The Labute approximate surface area is 124 Å². The highest BCUT2D eigenvalue weighted by atomic mass is 32.2. The topological polar surface area (TPSA) is 92.7 Å². The molecule has 6 nitrogen and oxygen atoms in total. The number of sulfonamides is 1. The number of aliphatic carboxylic acids is 1. The quantitative estimate of drug-likeness (QED) is 0.861. The standard InChI is InChI=1S/C14H19NO5S/c1-14(13(16)17)9-3-4-12(14)15-21(18,19)11-7-5-10(20-2)6-8-11/h5-8,12,15H,3-4,9H2,1-2H3,(H,16,17). The number of ether oxygens (including phenoxy) is 1. The van der Waals surface area contributed by atoms with E-state index in [1.54, 1.807) is 19.1 Å². The number of carbonyl (C=O) groups is 1. The van der Waals surface area contributed by atoms with Gasteiger partial charge in [0.2, 0.25) is 10.0 Å². The highest BCUT2D eigenvalue weighted by Gasteiger charge is 2.46. The molecule has 1 aromatic rings. The third kappa shape index (κ3) is 3.03. The van der Waals surface area contributed by atoms with E-state index in [1.165, 1.54) is 19.2 Å². The molecule has 116 valence electrons. The van der Waals surface area contributed by atoms with Crippen molar-refractivity contribution in [2.75, 3.05) is 7.11 Å². The third-order valence-corrected chi connectivity index (χ3v) is 5.60. The van der Waals surface area contributed by atoms with Crippen molar-refractivity contribution in [1.82, 2.24) is 4.72 Å². The minimum absolute atomic E-state index is 0.0999. The molecule has 1 fully saturated rings. The van der Waals surface area contributed by atoms with Gasteiger partial charge in [-0.2, -0.15) is 0 Å². The second kappa shape index (κ2) is 5.65. The predicted molar refractivity (Wildman–Crippen MR) is 76.7 cm³/mol. The van der Waals surface area contributed by atoms with Crippen molar-refractivity contribution in [3.05, 3.63) is 24.3 Å². The first kappa shape index (κ1) is 15.8. The van der Waals surface area contributed by atoms with Gasteiger partial charge in [0.15, 0.2) is 0 Å². The van der Waals surface area contributed by atoms with Crippen molar-refractivity contribution in [1.29, 1.82) is 0 Å². The maximum absolute atomic E-state index is 12.4. The SMILES string of the molecule is COc1ccc(S(=O)(=O)NC2CCCC2(C)C(=O)O)cc1. The van der Waals surface area contributed by atoms with Crippen LogP contribution in [-0.4, -0.2) is 32.6 Å². The average Bonchev–Trinajstić information content (AvgIpc) is 2.81. The van der Waals surface area contributed by atoms with Crippen LogP contribution in [0, 0.1) is 5.41 Å². The molecule has 0 saturated heterocycles. The first-order valence-electron chi connectivity index (χ1n) is 6.69. The third-order valence-electron chi connectivity index (χ3n) is 4.11. The van der Waals surface area contributed by atoms with E-state index in [9.17, 15) is 18.3 Å². The molecule has 0 aromatic heterocycles. The first-order chi connectivity index (χ1) is 9.79. The van der Waals surface area contributed by atoms with E-state index in [0.29, 0.717) is 25.0 Å². The van der Waals surface area contributed by atoms with E-state index in [-0.39, 0.29) is 4.90 Å². The van der Waals surface area contributed by atoms with Crippen molar-refractivity contribution < 1.29 is 23.1 Å². The fraction of sp³-hybridized carbons (Fsp3) is 0.500. The highest BCUT2D eigenvalue weighted by Crippen LogP contribution is 2.38. The molecule has 1 saturated carbocycles. The Bertz CT molecular complexity index is 625. The molecule has 1 aliphatic rings. The van der Waals surface area contributed by atoms with Gasteiger partial charge in [-0.25, -0.2) is 13.1 Å². The zero-order valence-corrected chi connectivity index (χ0v) is 12.8. The Kier molecular flexibility index (Phi) is 4.25. The number of nitrogens with one attached hydrogen (secondary N) is 1. The van der Waals surface area contributed by atoms with E-state index >= 15 is 0 Å². The van der Waals surface area contributed by atoms with Gasteiger partial charge in [0.1, 0.15) is 5.75 Å². The van der Waals surface area contributed by atoms with Gasteiger partial charge < -0.3 is 9.84 Å². The lowest BCUT2D eigenvalue weighted by atomic mass is 9.85. The van der Waals surface area contributed by atoms with Gasteiger partial charge in [0.25, 0.3) is 0 Å². The molecule has 0 spiro atoms. The lowest BCUT2D eigenvalue weighted by Crippen LogP contribution is -2.46. The molecule has 0 heterocycles. The molecule has 2 rings (SSSR count). The monoisotopic (exact) mass is 313 g/mol. The molecule has 7 heteroatoms. The van der Waals surface area contributed by atoms with Crippen molar-refractivity contribution in [3.63, 3.8) is 0 Å². The number of hydrogen-bond donors (Lipinski definition) is 2. The Morgan fingerprint density at radius 1 is 1.38 bits per heavy atom. The summed E-state index contributed by atoms with van der Waals surface area (Å²) in [4.78, 5) is 11.5. The number of methoxy groups -OCH3 is 1. The summed E-state index contributed by atoms with van der Waals surface area (Å²) in [5.41, 5.74) is -1.06. The molecule has 0 bridgehead atoms. The fourth-order valence-electron chi connectivity index (χ4n) is 2.62. The number of benzene rings is 1. The van der Waals surface area contributed by atoms with Crippen LogP contribution in [0.2, 0.25) is 0 Å². The smallest absolute Gasteiger partial charge is 0.310 e. The molecule has 2 N–H and O–H groups in total.